The number of nitrogens with zero attached hydrogens (tertiary/aromatic N) is 1. The third-order valence-electron chi connectivity index (χ3n) is 3.60. The standard InChI is InChI=1S/C17H14FNO2S/c1-11(15(18)22-12-7-3-2-4-8-12)19-16(20)13-9-5-6-10-14(13)17(19)21/h2-11,15H,1H3. The number of thioether (sulfide) groups is 1. The van der Waals surface area contributed by atoms with E-state index >= 15 is 0 Å². The van der Waals surface area contributed by atoms with Crippen molar-refractivity contribution in [2.75, 3.05) is 0 Å². The van der Waals surface area contributed by atoms with Crippen LogP contribution in [0.3, 0.4) is 0 Å². The van der Waals surface area contributed by atoms with Crippen LogP contribution in [-0.2, 0) is 0 Å². The number of hydrogen-bond acceptors (Lipinski definition) is 3. The highest BCUT2D eigenvalue weighted by atomic mass is 32.2. The third-order valence-corrected chi connectivity index (χ3v) is 4.77. The third kappa shape index (κ3) is 2.52. The SMILES string of the molecule is CC(C(F)Sc1ccccc1)N1C(=O)c2ccccc2C1=O. The van der Waals surface area contributed by atoms with E-state index in [4.69, 9.17) is 0 Å². The highest BCUT2D eigenvalue weighted by Crippen LogP contribution is 2.32. The maximum atomic E-state index is 14.5. The molecule has 2 unspecified atom stereocenters. The Labute approximate surface area is 132 Å². The fraction of sp³-hybridized carbons (Fsp3) is 0.176. The molecule has 0 saturated heterocycles. The van der Waals surface area contributed by atoms with Crippen molar-refractivity contribution >= 4 is 23.6 Å². The zero-order valence-corrected chi connectivity index (χ0v) is 12.7. The van der Waals surface area contributed by atoms with Crippen LogP contribution < -0.4 is 0 Å². The fourth-order valence-electron chi connectivity index (χ4n) is 2.42. The quantitative estimate of drug-likeness (QED) is 0.637. The number of benzene rings is 2. The van der Waals surface area contributed by atoms with Gasteiger partial charge in [0, 0.05) is 4.90 Å². The average molecular weight is 315 g/mol. The van der Waals surface area contributed by atoms with Crippen LogP contribution in [-0.4, -0.2) is 28.3 Å². The summed E-state index contributed by atoms with van der Waals surface area (Å²) in [5.74, 6) is -0.853. The predicted octanol–water partition coefficient (Wildman–Crippen LogP) is 3.76. The lowest BCUT2D eigenvalue weighted by Gasteiger charge is -2.25. The topological polar surface area (TPSA) is 37.4 Å². The lowest BCUT2D eigenvalue weighted by molar-refractivity contribution is 0.0561. The smallest absolute Gasteiger partial charge is 0.261 e. The molecule has 0 bridgehead atoms. The van der Waals surface area contributed by atoms with Gasteiger partial charge < -0.3 is 0 Å². The van der Waals surface area contributed by atoms with Gasteiger partial charge in [0.15, 0.2) is 5.50 Å². The number of halogens is 1. The Balaban J connectivity index is 1.80. The summed E-state index contributed by atoms with van der Waals surface area (Å²) in [5, 5.41) is 0. The Kier molecular flexibility index (Phi) is 3.98. The molecule has 2 aromatic rings. The van der Waals surface area contributed by atoms with Crippen molar-refractivity contribution in [3.05, 3.63) is 65.7 Å². The summed E-state index contributed by atoms with van der Waals surface area (Å²) in [6.45, 7) is 1.56. The number of carbonyl (C=O) groups is 2. The van der Waals surface area contributed by atoms with E-state index in [0.29, 0.717) is 11.1 Å². The van der Waals surface area contributed by atoms with Crippen molar-refractivity contribution < 1.29 is 14.0 Å². The summed E-state index contributed by atoms with van der Waals surface area (Å²) in [6.07, 6.45) is 0. The molecule has 0 N–H and O–H groups in total. The maximum Gasteiger partial charge on any atom is 0.261 e. The number of alkyl halides is 1. The Bertz CT molecular complexity index is 685. The number of imide groups is 1. The van der Waals surface area contributed by atoms with Gasteiger partial charge in [-0.05, 0) is 31.2 Å². The second-order valence-corrected chi connectivity index (χ2v) is 6.21. The molecule has 3 nitrogen and oxygen atoms in total. The largest absolute Gasteiger partial charge is 0.269 e. The molecule has 0 saturated carbocycles. The van der Waals surface area contributed by atoms with E-state index in [9.17, 15) is 14.0 Å². The minimum atomic E-state index is -1.38. The van der Waals surface area contributed by atoms with Crippen LogP contribution >= 0.6 is 11.8 Å². The molecule has 2 atom stereocenters. The first kappa shape index (κ1) is 14.8. The first-order chi connectivity index (χ1) is 10.6. The van der Waals surface area contributed by atoms with E-state index in [0.717, 1.165) is 21.6 Å². The molecule has 0 radical (unpaired) electrons. The molecule has 1 aliphatic heterocycles. The van der Waals surface area contributed by atoms with Crippen LogP contribution in [0, 0.1) is 0 Å². The Morgan fingerprint density at radius 3 is 1.95 bits per heavy atom. The zero-order chi connectivity index (χ0) is 15.7. The lowest BCUT2D eigenvalue weighted by atomic mass is 10.1. The van der Waals surface area contributed by atoms with Crippen molar-refractivity contribution in [3.8, 4) is 0 Å². The molecule has 0 aromatic heterocycles. The van der Waals surface area contributed by atoms with Crippen LogP contribution in [0.15, 0.2) is 59.5 Å². The Hall–Kier alpha value is -2.14. The first-order valence-corrected chi connectivity index (χ1v) is 7.80. The Morgan fingerprint density at radius 2 is 1.41 bits per heavy atom. The highest BCUT2D eigenvalue weighted by Gasteiger charge is 2.41. The summed E-state index contributed by atoms with van der Waals surface area (Å²) in [7, 11) is 0. The number of amides is 2. The van der Waals surface area contributed by atoms with Crippen molar-refractivity contribution in [1.82, 2.24) is 4.90 Å². The molecule has 5 heteroatoms. The molecule has 112 valence electrons. The second-order valence-electron chi connectivity index (χ2n) is 5.05. The van der Waals surface area contributed by atoms with Crippen molar-refractivity contribution in [2.45, 2.75) is 23.4 Å². The molecular formula is C17H14FNO2S. The number of rotatable bonds is 4. The molecule has 0 spiro atoms. The van der Waals surface area contributed by atoms with Crippen molar-refractivity contribution in [2.24, 2.45) is 0 Å². The van der Waals surface area contributed by atoms with E-state index in [1.54, 1.807) is 43.3 Å². The fourth-order valence-corrected chi connectivity index (χ4v) is 3.32. The van der Waals surface area contributed by atoms with Gasteiger partial charge in [-0.25, -0.2) is 4.39 Å². The lowest BCUT2D eigenvalue weighted by Crippen LogP contribution is -2.42. The molecule has 3 rings (SSSR count). The summed E-state index contributed by atoms with van der Waals surface area (Å²) in [5.41, 5.74) is -0.697. The van der Waals surface area contributed by atoms with Gasteiger partial charge in [-0.3, -0.25) is 14.5 Å². The van der Waals surface area contributed by atoms with Gasteiger partial charge >= 0.3 is 0 Å². The van der Waals surface area contributed by atoms with E-state index < -0.39 is 23.4 Å². The normalized spacial score (nSPS) is 16.5. The van der Waals surface area contributed by atoms with Gasteiger partial charge in [-0.2, -0.15) is 0 Å². The first-order valence-electron chi connectivity index (χ1n) is 6.92. The summed E-state index contributed by atoms with van der Waals surface area (Å²) >= 11 is 1.01. The summed E-state index contributed by atoms with van der Waals surface area (Å²) in [4.78, 5) is 26.5. The molecule has 1 heterocycles. The molecule has 1 aliphatic rings. The molecule has 0 fully saturated rings. The van der Waals surface area contributed by atoms with Gasteiger partial charge in [0.25, 0.3) is 11.8 Å². The number of hydrogen-bond donors (Lipinski definition) is 0. The second kappa shape index (κ2) is 5.93. The summed E-state index contributed by atoms with van der Waals surface area (Å²) < 4.78 is 14.5. The van der Waals surface area contributed by atoms with Gasteiger partial charge in [0.2, 0.25) is 0 Å². The van der Waals surface area contributed by atoms with Gasteiger partial charge in [-0.1, -0.05) is 42.1 Å². The zero-order valence-electron chi connectivity index (χ0n) is 11.9. The number of fused-ring (bicyclic) bond motifs is 1. The van der Waals surface area contributed by atoms with Crippen molar-refractivity contribution in [1.29, 1.82) is 0 Å². The monoisotopic (exact) mass is 315 g/mol. The van der Waals surface area contributed by atoms with Crippen LogP contribution in [0.1, 0.15) is 27.6 Å². The molecule has 2 aromatic carbocycles. The Morgan fingerprint density at radius 1 is 0.909 bits per heavy atom. The highest BCUT2D eigenvalue weighted by molar-refractivity contribution is 7.99. The van der Waals surface area contributed by atoms with Gasteiger partial charge in [0.1, 0.15) is 0 Å². The van der Waals surface area contributed by atoms with E-state index in [2.05, 4.69) is 0 Å². The molecule has 22 heavy (non-hydrogen) atoms. The van der Waals surface area contributed by atoms with Crippen LogP contribution in [0.2, 0.25) is 0 Å². The molecular weight excluding hydrogens is 301 g/mol. The average Bonchev–Trinajstić information content (AvgIpc) is 2.79. The van der Waals surface area contributed by atoms with Crippen molar-refractivity contribution in [3.63, 3.8) is 0 Å². The van der Waals surface area contributed by atoms with Crippen LogP contribution in [0.5, 0.6) is 0 Å². The van der Waals surface area contributed by atoms with Crippen LogP contribution in [0.25, 0.3) is 0 Å². The minimum Gasteiger partial charge on any atom is -0.269 e. The molecule has 2 amide bonds. The van der Waals surface area contributed by atoms with Gasteiger partial charge in [-0.15, -0.1) is 0 Å². The van der Waals surface area contributed by atoms with E-state index in [1.807, 2.05) is 18.2 Å². The number of carbonyl (C=O) groups excluding carboxylic acids is 2. The predicted molar refractivity (Wildman–Crippen MR) is 83.6 cm³/mol. The van der Waals surface area contributed by atoms with Crippen LogP contribution in [0.4, 0.5) is 4.39 Å². The van der Waals surface area contributed by atoms with E-state index in [-0.39, 0.29) is 0 Å². The van der Waals surface area contributed by atoms with E-state index in [1.165, 1.54) is 0 Å². The minimum absolute atomic E-state index is 0.344. The molecule has 0 aliphatic carbocycles. The summed E-state index contributed by atoms with van der Waals surface area (Å²) in [6, 6.07) is 14.8. The van der Waals surface area contributed by atoms with Gasteiger partial charge in [0.05, 0.1) is 17.2 Å². The maximum absolute atomic E-state index is 14.5.